The van der Waals surface area contributed by atoms with E-state index in [1.165, 1.54) is 6.20 Å². The van der Waals surface area contributed by atoms with E-state index in [4.69, 9.17) is 11.6 Å². The summed E-state index contributed by atoms with van der Waals surface area (Å²) < 4.78 is 1.81. The van der Waals surface area contributed by atoms with Crippen molar-refractivity contribution >= 4 is 28.5 Å². The van der Waals surface area contributed by atoms with Gasteiger partial charge in [0.2, 0.25) is 5.43 Å². The number of hydrogen-bond acceptors (Lipinski definition) is 2. The van der Waals surface area contributed by atoms with Crippen LogP contribution in [-0.2, 0) is 0 Å². The first-order chi connectivity index (χ1) is 9.36. The third kappa shape index (κ3) is 2.31. The van der Waals surface area contributed by atoms with E-state index in [1.54, 1.807) is 19.1 Å². The van der Waals surface area contributed by atoms with Crippen LogP contribution in [0.5, 0.6) is 0 Å². The normalized spacial score (nSPS) is 12.6. The molecule has 106 valence electrons. The van der Waals surface area contributed by atoms with E-state index < -0.39 is 11.4 Å². The van der Waals surface area contributed by atoms with Crippen molar-refractivity contribution in [1.82, 2.24) is 4.57 Å². The average Bonchev–Trinajstić information content (AvgIpc) is 2.40. The topological polar surface area (TPSA) is 59.3 Å². The molecule has 5 heteroatoms. The predicted octanol–water partition coefficient (Wildman–Crippen LogP) is 3.63. The van der Waals surface area contributed by atoms with E-state index in [9.17, 15) is 14.7 Å². The Labute approximate surface area is 121 Å². The van der Waals surface area contributed by atoms with E-state index in [1.807, 2.05) is 18.4 Å². The molecule has 2 rings (SSSR count). The van der Waals surface area contributed by atoms with Crippen molar-refractivity contribution in [1.29, 1.82) is 0 Å². The number of halogens is 1. The second-order valence-electron chi connectivity index (χ2n) is 4.96. The Balaban J connectivity index is 2.97. The zero-order valence-corrected chi connectivity index (χ0v) is 12.4. The largest absolute Gasteiger partial charge is 0.477 e. The molecule has 0 saturated heterocycles. The monoisotopic (exact) mass is 293 g/mol. The first-order valence-electron chi connectivity index (χ1n) is 6.45. The van der Waals surface area contributed by atoms with Crippen molar-refractivity contribution in [3.8, 4) is 0 Å². The summed E-state index contributed by atoms with van der Waals surface area (Å²) in [7, 11) is 0. The highest BCUT2D eigenvalue weighted by Crippen LogP contribution is 2.25. The zero-order valence-electron chi connectivity index (χ0n) is 11.6. The molecule has 0 bridgehead atoms. The van der Waals surface area contributed by atoms with Crippen LogP contribution in [0.2, 0.25) is 5.02 Å². The van der Waals surface area contributed by atoms with Gasteiger partial charge < -0.3 is 9.67 Å². The molecule has 0 saturated carbocycles. The van der Waals surface area contributed by atoms with Gasteiger partial charge in [0.15, 0.2) is 0 Å². The maximum atomic E-state index is 12.3. The van der Waals surface area contributed by atoms with Crippen LogP contribution in [0.4, 0.5) is 0 Å². The van der Waals surface area contributed by atoms with Crippen LogP contribution in [0, 0.1) is 6.92 Å². The van der Waals surface area contributed by atoms with Crippen LogP contribution in [0.15, 0.2) is 23.1 Å². The van der Waals surface area contributed by atoms with Crippen molar-refractivity contribution < 1.29 is 9.90 Å². The summed E-state index contributed by atoms with van der Waals surface area (Å²) in [5.74, 6) is -1.21. The highest BCUT2D eigenvalue weighted by atomic mass is 35.5. The number of fused-ring (bicyclic) bond motifs is 1. The van der Waals surface area contributed by atoms with Gasteiger partial charge in [0.1, 0.15) is 5.56 Å². The SMILES string of the molecule is CCC(C)n1cc(C(=O)O)c(=O)c2cc(C)c(Cl)cc21. The fourth-order valence-electron chi connectivity index (χ4n) is 2.19. The molecule has 1 aromatic carbocycles. The first kappa shape index (κ1) is 14.6. The second kappa shape index (κ2) is 5.29. The molecule has 1 heterocycles. The Hall–Kier alpha value is -1.81. The molecule has 0 amide bonds. The summed E-state index contributed by atoms with van der Waals surface area (Å²) in [4.78, 5) is 23.5. The van der Waals surface area contributed by atoms with Crippen LogP contribution in [0.1, 0.15) is 42.2 Å². The Morgan fingerprint density at radius 1 is 1.45 bits per heavy atom. The molecule has 0 aliphatic carbocycles. The first-order valence-corrected chi connectivity index (χ1v) is 6.82. The lowest BCUT2D eigenvalue weighted by Gasteiger charge is -2.18. The minimum atomic E-state index is -1.21. The van der Waals surface area contributed by atoms with Crippen molar-refractivity contribution in [2.75, 3.05) is 0 Å². The Morgan fingerprint density at radius 2 is 2.10 bits per heavy atom. The maximum absolute atomic E-state index is 12.3. The minimum Gasteiger partial charge on any atom is -0.477 e. The van der Waals surface area contributed by atoms with Crippen molar-refractivity contribution in [2.24, 2.45) is 0 Å². The number of carboxylic acids is 1. The van der Waals surface area contributed by atoms with E-state index >= 15 is 0 Å². The molecule has 20 heavy (non-hydrogen) atoms. The van der Waals surface area contributed by atoms with Gasteiger partial charge in [-0.15, -0.1) is 0 Å². The lowest BCUT2D eigenvalue weighted by molar-refractivity contribution is 0.0694. The predicted molar refractivity (Wildman–Crippen MR) is 79.9 cm³/mol. The molecule has 0 aliphatic rings. The maximum Gasteiger partial charge on any atom is 0.341 e. The van der Waals surface area contributed by atoms with Crippen LogP contribution < -0.4 is 5.43 Å². The number of aromatic carboxylic acids is 1. The number of rotatable bonds is 3. The zero-order chi connectivity index (χ0) is 15.0. The van der Waals surface area contributed by atoms with Gasteiger partial charge in [-0.2, -0.15) is 0 Å². The number of aromatic nitrogens is 1. The minimum absolute atomic E-state index is 0.0787. The second-order valence-corrected chi connectivity index (χ2v) is 5.37. The molecule has 0 aliphatic heterocycles. The smallest absolute Gasteiger partial charge is 0.341 e. The quantitative estimate of drug-likeness (QED) is 0.940. The Bertz CT molecular complexity index is 749. The van der Waals surface area contributed by atoms with E-state index in [0.717, 1.165) is 12.0 Å². The number of pyridine rings is 1. The molecule has 1 aromatic heterocycles. The van der Waals surface area contributed by atoms with Gasteiger partial charge in [-0.25, -0.2) is 4.79 Å². The van der Waals surface area contributed by atoms with Crippen LogP contribution in [0.3, 0.4) is 0 Å². The average molecular weight is 294 g/mol. The standard InChI is InChI=1S/C15H16ClNO3/c1-4-9(3)17-7-11(15(19)20)14(18)10-5-8(2)12(16)6-13(10)17/h5-7,9H,4H2,1-3H3,(H,19,20). The lowest BCUT2D eigenvalue weighted by atomic mass is 10.1. The van der Waals surface area contributed by atoms with Crippen molar-refractivity contribution in [3.63, 3.8) is 0 Å². The van der Waals surface area contributed by atoms with Crippen LogP contribution in [-0.4, -0.2) is 15.6 Å². The molecular weight excluding hydrogens is 278 g/mol. The van der Waals surface area contributed by atoms with Crippen LogP contribution in [0.25, 0.3) is 10.9 Å². The fraction of sp³-hybridized carbons (Fsp3) is 0.333. The van der Waals surface area contributed by atoms with E-state index in [2.05, 4.69) is 0 Å². The van der Waals surface area contributed by atoms with Gasteiger partial charge in [0.05, 0.1) is 5.52 Å². The third-order valence-electron chi connectivity index (χ3n) is 3.61. The molecule has 2 aromatic rings. The van der Waals surface area contributed by atoms with Crippen LogP contribution >= 0.6 is 11.6 Å². The number of nitrogens with zero attached hydrogens (tertiary/aromatic N) is 1. The molecule has 4 nitrogen and oxygen atoms in total. The molecule has 1 unspecified atom stereocenters. The van der Waals surface area contributed by atoms with E-state index in [-0.39, 0.29) is 11.6 Å². The van der Waals surface area contributed by atoms with E-state index in [0.29, 0.717) is 15.9 Å². The molecule has 0 fully saturated rings. The Kier molecular flexibility index (Phi) is 3.86. The molecule has 0 spiro atoms. The number of benzene rings is 1. The van der Waals surface area contributed by atoms with Gasteiger partial charge in [0.25, 0.3) is 0 Å². The number of hydrogen-bond donors (Lipinski definition) is 1. The molecule has 0 radical (unpaired) electrons. The third-order valence-corrected chi connectivity index (χ3v) is 4.02. The van der Waals surface area contributed by atoms with Gasteiger partial charge in [0, 0.05) is 22.6 Å². The van der Waals surface area contributed by atoms with Gasteiger partial charge in [-0.3, -0.25) is 4.79 Å². The summed E-state index contributed by atoms with van der Waals surface area (Å²) in [6.45, 7) is 5.77. The molecule has 1 atom stereocenters. The van der Waals surface area contributed by atoms with Crippen molar-refractivity contribution in [2.45, 2.75) is 33.2 Å². The highest BCUT2D eigenvalue weighted by Gasteiger charge is 2.17. The van der Waals surface area contributed by atoms with Gasteiger partial charge in [-0.1, -0.05) is 18.5 Å². The molecular formula is C15H16ClNO3. The summed E-state index contributed by atoms with van der Waals surface area (Å²) >= 11 is 6.13. The highest BCUT2D eigenvalue weighted by molar-refractivity contribution is 6.32. The Morgan fingerprint density at radius 3 is 2.65 bits per heavy atom. The summed E-state index contributed by atoms with van der Waals surface area (Å²) in [6, 6.07) is 3.46. The molecule has 1 N–H and O–H groups in total. The fourth-order valence-corrected chi connectivity index (χ4v) is 2.35. The van der Waals surface area contributed by atoms with Crippen molar-refractivity contribution in [3.05, 3.63) is 44.7 Å². The summed E-state index contributed by atoms with van der Waals surface area (Å²) in [6.07, 6.45) is 2.23. The van der Waals surface area contributed by atoms with Gasteiger partial charge >= 0.3 is 5.97 Å². The van der Waals surface area contributed by atoms with Gasteiger partial charge in [-0.05, 0) is 38.0 Å². The number of carbonyl (C=O) groups is 1. The number of carboxylic acid groups (broad SMARTS) is 1. The number of aryl methyl sites for hydroxylation is 1. The summed E-state index contributed by atoms with van der Waals surface area (Å²) in [5.41, 5.74) is 0.755. The summed E-state index contributed by atoms with van der Waals surface area (Å²) in [5, 5.41) is 10.2. The lowest BCUT2D eigenvalue weighted by Crippen LogP contribution is -2.20.